The van der Waals surface area contributed by atoms with Crippen LogP contribution >= 0.6 is 44.1 Å². The zero-order valence-electron chi connectivity index (χ0n) is 17.1. The number of nitrogens with one attached hydrogen (secondary N) is 3. The molecule has 10 heteroatoms. The quantitative estimate of drug-likeness (QED) is 0.247. The molecule has 0 radical (unpaired) electrons. The van der Waals surface area contributed by atoms with Gasteiger partial charge in [-0.3, -0.25) is 25.8 Å². The first-order valence-electron chi connectivity index (χ1n) is 9.51. The Morgan fingerprint density at radius 2 is 1.77 bits per heavy atom. The fourth-order valence-electron chi connectivity index (χ4n) is 2.42. The highest BCUT2D eigenvalue weighted by atomic mass is 79.9. The number of aryl methyl sites for hydroxylation is 1. The number of hydrogen-bond acceptors (Lipinski definition) is 5. The molecule has 0 unspecified atom stereocenters. The van der Waals surface area contributed by atoms with Gasteiger partial charge in [-0.05, 0) is 83.5 Å². The lowest BCUT2D eigenvalue weighted by atomic mass is 10.2. The molecular weight excluding hydrogens is 550 g/mol. The molecule has 0 aliphatic carbocycles. The summed E-state index contributed by atoms with van der Waals surface area (Å²) in [7, 11) is 0. The molecule has 2 aromatic carbocycles. The van der Waals surface area contributed by atoms with E-state index in [2.05, 4.69) is 55.0 Å². The lowest BCUT2D eigenvalue weighted by Gasteiger charge is -2.13. The first kappa shape index (κ1) is 25.1. The van der Waals surface area contributed by atoms with E-state index in [1.165, 1.54) is 0 Å². The molecule has 0 aromatic heterocycles. The summed E-state index contributed by atoms with van der Waals surface area (Å²) in [5.41, 5.74) is 6.14. The molecule has 0 saturated heterocycles. The maximum Gasteiger partial charge on any atom is 0.276 e. The minimum atomic E-state index is -0.459. The number of carbonyl (C=O) groups is 2. The summed E-state index contributed by atoms with van der Waals surface area (Å²) in [5, 5.41) is 2.45. The van der Waals surface area contributed by atoms with Crippen molar-refractivity contribution < 1.29 is 19.1 Å². The number of hydrogen-bond donors (Lipinski definition) is 3. The topological polar surface area (TPSA) is 88.7 Å². The van der Waals surface area contributed by atoms with Crippen LogP contribution in [0.15, 0.2) is 45.3 Å². The van der Waals surface area contributed by atoms with Gasteiger partial charge in [0.15, 0.2) is 11.7 Å². The van der Waals surface area contributed by atoms with Gasteiger partial charge in [-0.1, -0.05) is 29.3 Å². The standard InChI is InChI=1S/C21H23Br2N3O4S/c1-3-4-9-29-16-7-5-14(6-8-16)20(28)24-21(31)26-25-18(27)12-30-19-13(2)10-15(22)11-17(19)23/h5-8,10-11H,3-4,9,12H2,1-2H3,(H,25,27)(H2,24,26,28,31). The zero-order chi connectivity index (χ0) is 22.8. The predicted octanol–water partition coefficient (Wildman–Crippen LogP) is 4.41. The molecule has 166 valence electrons. The van der Waals surface area contributed by atoms with E-state index in [-0.39, 0.29) is 11.7 Å². The molecule has 2 aromatic rings. The molecule has 2 amide bonds. The molecule has 3 N–H and O–H groups in total. The Labute approximate surface area is 203 Å². The lowest BCUT2D eigenvalue weighted by Crippen LogP contribution is -2.49. The Hall–Kier alpha value is -2.17. The summed E-state index contributed by atoms with van der Waals surface area (Å²) in [5.74, 6) is 0.402. The number of thiocarbonyl (C=S) groups is 1. The van der Waals surface area contributed by atoms with Gasteiger partial charge in [-0.25, -0.2) is 0 Å². The maximum atomic E-state index is 12.3. The molecule has 7 nitrogen and oxygen atoms in total. The van der Waals surface area contributed by atoms with E-state index in [4.69, 9.17) is 21.7 Å². The smallest absolute Gasteiger partial charge is 0.276 e. The van der Waals surface area contributed by atoms with Gasteiger partial charge in [0.2, 0.25) is 0 Å². The fraction of sp³-hybridized carbons (Fsp3) is 0.286. The van der Waals surface area contributed by atoms with Gasteiger partial charge in [0.05, 0.1) is 11.1 Å². The zero-order valence-corrected chi connectivity index (χ0v) is 21.1. The molecule has 0 bridgehead atoms. The SMILES string of the molecule is CCCCOc1ccc(C(=O)NC(=S)NNC(=O)COc2c(C)cc(Br)cc2Br)cc1. The van der Waals surface area contributed by atoms with Crippen molar-refractivity contribution in [1.82, 2.24) is 16.2 Å². The summed E-state index contributed by atoms with van der Waals surface area (Å²) < 4.78 is 12.7. The summed E-state index contributed by atoms with van der Waals surface area (Å²) in [6.45, 7) is 4.36. The van der Waals surface area contributed by atoms with Crippen LogP contribution in [0.3, 0.4) is 0 Å². The van der Waals surface area contributed by atoms with Gasteiger partial charge in [0.1, 0.15) is 11.5 Å². The third kappa shape index (κ3) is 8.47. The summed E-state index contributed by atoms with van der Waals surface area (Å²) >= 11 is 11.8. The van der Waals surface area contributed by atoms with E-state index in [0.29, 0.717) is 23.7 Å². The molecule has 0 spiro atoms. The van der Waals surface area contributed by atoms with Crippen LogP contribution in [0.4, 0.5) is 0 Å². The highest BCUT2D eigenvalue weighted by Gasteiger charge is 2.11. The van der Waals surface area contributed by atoms with Crippen molar-refractivity contribution in [2.75, 3.05) is 13.2 Å². The van der Waals surface area contributed by atoms with Gasteiger partial charge in [-0.15, -0.1) is 0 Å². The average Bonchev–Trinajstić information content (AvgIpc) is 2.72. The van der Waals surface area contributed by atoms with Gasteiger partial charge in [0, 0.05) is 10.0 Å². The van der Waals surface area contributed by atoms with Crippen molar-refractivity contribution in [2.24, 2.45) is 0 Å². The van der Waals surface area contributed by atoms with E-state index >= 15 is 0 Å². The van der Waals surface area contributed by atoms with Crippen LogP contribution in [0.5, 0.6) is 11.5 Å². The molecular formula is C21H23Br2N3O4S. The van der Waals surface area contributed by atoms with Crippen LogP contribution in [0.2, 0.25) is 0 Å². The normalized spacial score (nSPS) is 10.2. The van der Waals surface area contributed by atoms with Gasteiger partial charge in [0.25, 0.3) is 11.8 Å². The van der Waals surface area contributed by atoms with Crippen LogP contribution in [-0.2, 0) is 4.79 Å². The molecule has 2 rings (SSSR count). The minimum Gasteiger partial charge on any atom is -0.494 e. The summed E-state index contributed by atoms with van der Waals surface area (Å²) in [4.78, 5) is 24.3. The summed E-state index contributed by atoms with van der Waals surface area (Å²) in [6, 6.07) is 10.4. The first-order valence-corrected chi connectivity index (χ1v) is 11.5. The number of halogens is 2. The van der Waals surface area contributed by atoms with Crippen molar-refractivity contribution in [3.05, 3.63) is 56.5 Å². The summed E-state index contributed by atoms with van der Waals surface area (Å²) in [6.07, 6.45) is 2.02. The second-order valence-corrected chi connectivity index (χ2v) is 8.68. The Morgan fingerprint density at radius 3 is 2.42 bits per heavy atom. The average molecular weight is 573 g/mol. The molecule has 0 aliphatic heterocycles. The Balaban J connectivity index is 1.75. The Morgan fingerprint density at radius 1 is 1.06 bits per heavy atom. The van der Waals surface area contributed by atoms with E-state index in [9.17, 15) is 9.59 Å². The van der Waals surface area contributed by atoms with Gasteiger partial charge >= 0.3 is 0 Å². The highest BCUT2D eigenvalue weighted by molar-refractivity contribution is 9.11. The third-order valence-corrected chi connectivity index (χ3v) is 5.22. The van der Waals surface area contributed by atoms with Crippen molar-refractivity contribution in [1.29, 1.82) is 0 Å². The van der Waals surface area contributed by atoms with E-state index in [1.54, 1.807) is 24.3 Å². The Kier molecular flexibility index (Phi) is 10.2. The van der Waals surface area contributed by atoms with Crippen molar-refractivity contribution >= 4 is 61.0 Å². The van der Waals surface area contributed by atoms with Crippen LogP contribution in [0, 0.1) is 6.92 Å². The number of unbranched alkanes of at least 4 members (excludes halogenated alkanes) is 1. The molecule has 0 saturated carbocycles. The number of rotatable bonds is 8. The molecule has 0 atom stereocenters. The predicted molar refractivity (Wildman–Crippen MR) is 130 cm³/mol. The van der Waals surface area contributed by atoms with Gasteiger partial charge < -0.3 is 9.47 Å². The fourth-order valence-corrected chi connectivity index (χ4v) is 4.11. The van der Waals surface area contributed by atoms with E-state index in [0.717, 1.165) is 27.4 Å². The second-order valence-electron chi connectivity index (χ2n) is 6.51. The van der Waals surface area contributed by atoms with Crippen LogP contribution in [0.25, 0.3) is 0 Å². The number of amides is 2. The minimum absolute atomic E-state index is 0.0392. The first-order chi connectivity index (χ1) is 14.8. The molecule has 31 heavy (non-hydrogen) atoms. The van der Waals surface area contributed by atoms with E-state index in [1.807, 2.05) is 19.1 Å². The van der Waals surface area contributed by atoms with Crippen LogP contribution in [0.1, 0.15) is 35.7 Å². The molecule has 0 fully saturated rings. The molecule has 0 heterocycles. The second kappa shape index (κ2) is 12.6. The number of hydrazine groups is 1. The lowest BCUT2D eigenvalue weighted by molar-refractivity contribution is -0.123. The highest BCUT2D eigenvalue weighted by Crippen LogP contribution is 2.32. The molecule has 0 aliphatic rings. The van der Waals surface area contributed by atoms with Crippen molar-refractivity contribution in [3.8, 4) is 11.5 Å². The van der Waals surface area contributed by atoms with Crippen LogP contribution in [-0.4, -0.2) is 30.1 Å². The monoisotopic (exact) mass is 571 g/mol. The number of carbonyl (C=O) groups excluding carboxylic acids is 2. The largest absolute Gasteiger partial charge is 0.494 e. The van der Waals surface area contributed by atoms with Crippen LogP contribution < -0.4 is 25.6 Å². The number of ether oxygens (including phenoxy) is 2. The van der Waals surface area contributed by atoms with E-state index < -0.39 is 11.8 Å². The van der Waals surface area contributed by atoms with Crippen molar-refractivity contribution in [3.63, 3.8) is 0 Å². The van der Waals surface area contributed by atoms with Gasteiger partial charge in [-0.2, -0.15) is 0 Å². The van der Waals surface area contributed by atoms with Crippen molar-refractivity contribution in [2.45, 2.75) is 26.7 Å². The Bertz CT molecular complexity index is 916. The third-order valence-electron chi connectivity index (χ3n) is 3.97. The number of benzene rings is 2. The maximum absolute atomic E-state index is 12.3.